The van der Waals surface area contributed by atoms with Crippen molar-refractivity contribution >= 4 is 5.91 Å². The molecule has 0 fully saturated rings. The summed E-state index contributed by atoms with van der Waals surface area (Å²) in [5.41, 5.74) is 2.10. The first kappa shape index (κ1) is 13.1. The molecule has 3 aromatic rings. The van der Waals surface area contributed by atoms with E-state index in [2.05, 4.69) is 15.4 Å². The molecule has 0 unspecified atom stereocenters. The van der Waals surface area contributed by atoms with Crippen LogP contribution < -0.4 is 5.32 Å². The van der Waals surface area contributed by atoms with Gasteiger partial charge < -0.3 is 9.73 Å². The van der Waals surface area contributed by atoms with Gasteiger partial charge in [0.25, 0.3) is 5.91 Å². The molecular formula is C15H14N4O2. The van der Waals surface area contributed by atoms with E-state index in [1.54, 1.807) is 42.5 Å². The smallest absolute Gasteiger partial charge is 0.272 e. The minimum absolute atomic E-state index is 0.222. The second-order valence-electron chi connectivity index (χ2n) is 4.55. The average Bonchev–Trinajstić information content (AvgIpc) is 3.15. The number of aryl methyl sites for hydroxylation is 1. The van der Waals surface area contributed by atoms with Crippen LogP contribution in [0.4, 0.5) is 0 Å². The SMILES string of the molecule is Cn1nc(C(=O)NCc2ccncc2)cc1-c1ccco1. The Hall–Kier alpha value is -2.89. The molecule has 0 aliphatic heterocycles. The van der Waals surface area contributed by atoms with Gasteiger partial charge in [0, 0.05) is 32.1 Å². The highest BCUT2D eigenvalue weighted by atomic mass is 16.3. The van der Waals surface area contributed by atoms with Crippen molar-refractivity contribution in [2.45, 2.75) is 6.54 Å². The van der Waals surface area contributed by atoms with Crippen molar-refractivity contribution in [1.29, 1.82) is 0 Å². The molecule has 1 N–H and O–H groups in total. The van der Waals surface area contributed by atoms with Crippen LogP contribution in [0.2, 0.25) is 0 Å². The van der Waals surface area contributed by atoms with Crippen LogP contribution in [0.5, 0.6) is 0 Å². The van der Waals surface area contributed by atoms with Crippen molar-refractivity contribution in [3.8, 4) is 11.5 Å². The molecule has 6 nitrogen and oxygen atoms in total. The zero-order valence-electron chi connectivity index (χ0n) is 11.5. The summed E-state index contributed by atoms with van der Waals surface area (Å²) >= 11 is 0. The van der Waals surface area contributed by atoms with Gasteiger partial charge in [0.05, 0.1) is 6.26 Å². The van der Waals surface area contributed by atoms with Crippen LogP contribution in [0, 0.1) is 0 Å². The lowest BCUT2D eigenvalue weighted by molar-refractivity contribution is 0.0945. The molecule has 0 radical (unpaired) electrons. The maximum absolute atomic E-state index is 12.1. The molecule has 3 heterocycles. The van der Waals surface area contributed by atoms with E-state index in [-0.39, 0.29) is 5.91 Å². The maximum atomic E-state index is 12.1. The summed E-state index contributed by atoms with van der Waals surface area (Å²) in [6.07, 6.45) is 4.97. The number of aromatic nitrogens is 3. The molecule has 0 aromatic carbocycles. The molecule has 0 spiro atoms. The van der Waals surface area contributed by atoms with Gasteiger partial charge in [-0.05, 0) is 29.8 Å². The average molecular weight is 282 g/mol. The second kappa shape index (κ2) is 5.62. The summed E-state index contributed by atoms with van der Waals surface area (Å²) in [5, 5.41) is 7.04. The van der Waals surface area contributed by atoms with E-state index in [1.165, 1.54) is 0 Å². The number of hydrogen-bond acceptors (Lipinski definition) is 4. The Labute approximate surface area is 121 Å². The highest BCUT2D eigenvalue weighted by Crippen LogP contribution is 2.20. The number of carbonyl (C=O) groups excluding carboxylic acids is 1. The first-order valence-corrected chi connectivity index (χ1v) is 6.49. The normalized spacial score (nSPS) is 10.5. The molecule has 0 aliphatic carbocycles. The fraction of sp³-hybridized carbons (Fsp3) is 0.133. The number of nitrogens with zero attached hydrogens (tertiary/aromatic N) is 3. The number of furan rings is 1. The van der Waals surface area contributed by atoms with Crippen LogP contribution in [0.1, 0.15) is 16.1 Å². The monoisotopic (exact) mass is 282 g/mol. The Morgan fingerprint density at radius 1 is 1.33 bits per heavy atom. The highest BCUT2D eigenvalue weighted by Gasteiger charge is 2.15. The molecule has 106 valence electrons. The van der Waals surface area contributed by atoms with Gasteiger partial charge in [0.1, 0.15) is 5.69 Å². The zero-order valence-corrected chi connectivity index (χ0v) is 11.5. The lowest BCUT2D eigenvalue weighted by Crippen LogP contribution is -2.23. The van der Waals surface area contributed by atoms with Crippen LogP contribution in [-0.4, -0.2) is 20.7 Å². The van der Waals surface area contributed by atoms with E-state index < -0.39 is 0 Å². The minimum atomic E-state index is -0.222. The summed E-state index contributed by atoms with van der Waals surface area (Å²) in [4.78, 5) is 16.1. The topological polar surface area (TPSA) is 73.0 Å². The largest absolute Gasteiger partial charge is 0.463 e. The number of amides is 1. The second-order valence-corrected chi connectivity index (χ2v) is 4.55. The maximum Gasteiger partial charge on any atom is 0.272 e. The van der Waals surface area contributed by atoms with Crippen LogP contribution in [0.3, 0.4) is 0 Å². The zero-order chi connectivity index (χ0) is 14.7. The molecule has 0 saturated heterocycles. The summed E-state index contributed by atoms with van der Waals surface area (Å²) in [7, 11) is 1.78. The van der Waals surface area contributed by atoms with Gasteiger partial charge in [0.15, 0.2) is 11.5 Å². The van der Waals surface area contributed by atoms with Gasteiger partial charge in [0.2, 0.25) is 0 Å². The quantitative estimate of drug-likeness (QED) is 0.794. The summed E-state index contributed by atoms with van der Waals surface area (Å²) < 4.78 is 6.95. The summed E-state index contributed by atoms with van der Waals surface area (Å²) in [6, 6.07) is 9.04. The number of rotatable bonds is 4. The predicted molar refractivity (Wildman–Crippen MR) is 76.3 cm³/mol. The third kappa shape index (κ3) is 2.84. The van der Waals surface area contributed by atoms with Gasteiger partial charge >= 0.3 is 0 Å². The van der Waals surface area contributed by atoms with Crippen molar-refractivity contribution in [3.05, 3.63) is 60.2 Å². The summed E-state index contributed by atoms with van der Waals surface area (Å²) in [6.45, 7) is 0.439. The van der Waals surface area contributed by atoms with Crippen molar-refractivity contribution < 1.29 is 9.21 Å². The first-order chi connectivity index (χ1) is 10.2. The van der Waals surface area contributed by atoms with E-state index >= 15 is 0 Å². The Morgan fingerprint density at radius 2 is 2.14 bits per heavy atom. The van der Waals surface area contributed by atoms with Crippen LogP contribution in [0.25, 0.3) is 11.5 Å². The van der Waals surface area contributed by atoms with Gasteiger partial charge in [-0.1, -0.05) is 0 Å². The van der Waals surface area contributed by atoms with Crippen molar-refractivity contribution in [1.82, 2.24) is 20.1 Å². The van der Waals surface area contributed by atoms with Crippen LogP contribution in [-0.2, 0) is 13.6 Å². The third-order valence-corrected chi connectivity index (χ3v) is 3.09. The standard InChI is InChI=1S/C15H14N4O2/c1-19-13(14-3-2-8-21-14)9-12(18-19)15(20)17-10-11-4-6-16-7-5-11/h2-9H,10H2,1H3,(H,17,20). The Kier molecular flexibility index (Phi) is 3.51. The van der Waals surface area contributed by atoms with Crippen molar-refractivity contribution in [2.75, 3.05) is 0 Å². The molecule has 3 aromatic heterocycles. The van der Waals surface area contributed by atoms with E-state index in [0.717, 1.165) is 11.3 Å². The third-order valence-electron chi connectivity index (χ3n) is 3.09. The molecule has 1 amide bonds. The van der Waals surface area contributed by atoms with Gasteiger partial charge in [-0.3, -0.25) is 14.5 Å². The lowest BCUT2D eigenvalue weighted by atomic mass is 10.2. The predicted octanol–water partition coefficient (Wildman–Crippen LogP) is 2.01. The lowest BCUT2D eigenvalue weighted by Gasteiger charge is -2.02. The van der Waals surface area contributed by atoms with E-state index in [1.807, 2.05) is 18.2 Å². The summed E-state index contributed by atoms with van der Waals surface area (Å²) in [5.74, 6) is 0.457. The Balaban J connectivity index is 1.72. The number of pyridine rings is 1. The van der Waals surface area contributed by atoms with Gasteiger partial charge in [-0.2, -0.15) is 5.10 Å². The molecule has 0 atom stereocenters. The van der Waals surface area contributed by atoms with E-state index in [0.29, 0.717) is 18.0 Å². The molecule has 0 bridgehead atoms. The molecule has 3 rings (SSSR count). The van der Waals surface area contributed by atoms with Crippen LogP contribution >= 0.6 is 0 Å². The van der Waals surface area contributed by atoms with E-state index in [9.17, 15) is 4.79 Å². The number of nitrogens with one attached hydrogen (secondary N) is 1. The van der Waals surface area contributed by atoms with Crippen LogP contribution in [0.15, 0.2) is 53.4 Å². The number of hydrogen-bond donors (Lipinski definition) is 1. The van der Waals surface area contributed by atoms with Gasteiger partial charge in [-0.15, -0.1) is 0 Å². The molecule has 6 heteroatoms. The minimum Gasteiger partial charge on any atom is -0.463 e. The fourth-order valence-corrected chi connectivity index (χ4v) is 2.01. The van der Waals surface area contributed by atoms with Crippen molar-refractivity contribution in [2.24, 2.45) is 7.05 Å². The highest BCUT2D eigenvalue weighted by molar-refractivity contribution is 5.93. The molecule has 0 saturated carbocycles. The fourth-order valence-electron chi connectivity index (χ4n) is 2.01. The van der Waals surface area contributed by atoms with Crippen molar-refractivity contribution in [3.63, 3.8) is 0 Å². The number of carbonyl (C=O) groups is 1. The molecular weight excluding hydrogens is 268 g/mol. The van der Waals surface area contributed by atoms with E-state index in [4.69, 9.17) is 4.42 Å². The van der Waals surface area contributed by atoms with Gasteiger partial charge in [-0.25, -0.2) is 0 Å². The Bertz CT molecular complexity index is 732. The Morgan fingerprint density at radius 3 is 2.86 bits per heavy atom. The first-order valence-electron chi connectivity index (χ1n) is 6.49. The molecule has 21 heavy (non-hydrogen) atoms. The molecule has 0 aliphatic rings.